The van der Waals surface area contributed by atoms with Crippen molar-refractivity contribution in [1.82, 2.24) is 5.32 Å². The van der Waals surface area contributed by atoms with E-state index in [-0.39, 0.29) is 17.4 Å². The molecule has 0 aromatic heterocycles. The third-order valence-electron chi connectivity index (χ3n) is 4.35. The molecule has 1 amide bonds. The van der Waals surface area contributed by atoms with Crippen LogP contribution in [0.15, 0.2) is 54.6 Å². The summed E-state index contributed by atoms with van der Waals surface area (Å²) in [5.41, 5.74) is 3.09. The Balaban J connectivity index is 2.05. The SMILES string of the molecule is CCC(CC(C)(C)C)NC(=O)c1ccc(N(C)c2ccccc2)cc1. The fourth-order valence-corrected chi connectivity index (χ4v) is 2.94. The molecular formula is C22H30N2O. The molecule has 25 heavy (non-hydrogen) atoms. The number of hydrogen-bond acceptors (Lipinski definition) is 2. The summed E-state index contributed by atoms with van der Waals surface area (Å²) >= 11 is 0. The molecule has 0 saturated carbocycles. The lowest BCUT2D eigenvalue weighted by atomic mass is 9.87. The molecule has 1 unspecified atom stereocenters. The lowest BCUT2D eigenvalue weighted by molar-refractivity contribution is 0.0925. The van der Waals surface area contributed by atoms with E-state index in [1.165, 1.54) is 0 Å². The first kappa shape index (κ1) is 19.0. The Bertz CT molecular complexity index is 671. The molecular weight excluding hydrogens is 308 g/mol. The standard InChI is InChI=1S/C22H30N2O/c1-6-18(16-22(2,3)4)23-21(25)17-12-14-20(15-13-17)24(5)19-10-8-7-9-11-19/h7-15,18H,6,16H2,1-5H3,(H,23,25). The van der Waals surface area contributed by atoms with Crippen molar-refractivity contribution < 1.29 is 4.79 Å². The van der Waals surface area contributed by atoms with Gasteiger partial charge in [0.05, 0.1) is 0 Å². The highest BCUT2D eigenvalue weighted by molar-refractivity contribution is 5.94. The van der Waals surface area contributed by atoms with Gasteiger partial charge in [0.2, 0.25) is 0 Å². The molecule has 2 aromatic rings. The molecule has 0 aliphatic heterocycles. The second-order valence-corrected chi connectivity index (χ2v) is 7.78. The summed E-state index contributed by atoms with van der Waals surface area (Å²) in [7, 11) is 2.03. The van der Waals surface area contributed by atoms with Gasteiger partial charge in [-0.2, -0.15) is 0 Å². The molecule has 0 aliphatic carbocycles. The van der Waals surface area contributed by atoms with Crippen molar-refractivity contribution in [3.63, 3.8) is 0 Å². The maximum Gasteiger partial charge on any atom is 0.251 e. The van der Waals surface area contributed by atoms with E-state index >= 15 is 0 Å². The molecule has 0 bridgehead atoms. The van der Waals surface area contributed by atoms with Crippen molar-refractivity contribution >= 4 is 17.3 Å². The number of benzene rings is 2. The van der Waals surface area contributed by atoms with Gasteiger partial charge in [-0.15, -0.1) is 0 Å². The largest absolute Gasteiger partial charge is 0.349 e. The molecule has 1 N–H and O–H groups in total. The van der Waals surface area contributed by atoms with Gasteiger partial charge in [-0.05, 0) is 54.7 Å². The number of carbonyl (C=O) groups excluding carboxylic acids is 1. The number of anilines is 2. The Kier molecular flexibility index (Phi) is 6.24. The number of nitrogens with one attached hydrogen (secondary N) is 1. The van der Waals surface area contributed by atoms with Crippen LogP contribution in [0.1, 0.15) is 50.9 Å². The number of nitrogens with zero attached hydrogens (tertiary/aromatic N) is 1. The molecule has 3 nitrogen and oxygen atoms in total. The van der Waals surface area contributed by atoms with Gasteiger partial charge >= 0.3 is 0 Å². The summed E-state index contributed by atoms with van der Waals surface area (Å²) in [6.07, 6.45) is 1.92. The van der Waals surface area contributed by atoms with Crippen LogP contribution in [0, 0.1) is 5.41 Å². The minimum Gasteiger partial charge on any atom is -0.349 e. The zero-order chi connectivity index (χ0) is 18.4. The van der Waals surface area contributed by atoms with Crippen LogP contribution in [0.3, 0.4) is 0 Å². The Morgan fingerprint density at radius 3 is 2.08 bits per heavy atom. The summed E-state index contributed by atoms with van der Waals surface area (Å²) in [5.74, 6) is 0.00464. The Morgan fingerprint density at radius 1 is 1.00 bits per heavy atom. The number of para-hydroxylation sites is 1. The third kappa shape index (κ3) is 5.63. The normalized spacial score (nSPS) is 12.5. The van der Waals surface area contributed by atoms with E-state index in [4.69, 9.17) is 0 Å². The number of hydrogen-bond donors (Lipinski definition) is 1. The number of rotatable bonds is 6. The van der Waals surface area contributed by atoms with Crippen LogP contribution in [0.4, 0.5) is 11.4 Å². The van der Waals surface area contributed by atoms with Gasteiger partial charge in [-0.3, -0.25) is 4.79 Å². The van der Waals surface area contributed by atoms with Gasteiger partial charge in [0.25, 0.3) is 5.91 Å². The van der Waals surface area contributed by atoms with Crippen LogP contribution in [0.25, 0.3) is 0 Å². The van der Waals surface area contributed by atoms with Crippen LogP contribution in [0.2, 0.25) is 0 Å². The van der Waals surface area contributed by atoms with Crippen molar-refractivity contribution in [2.24, 2.45) is 5.41 Å². The van der Waals surface area contributed by atoms with E-state index in [0.29, 0.717) is 5.56 Å². The summed E-state index contributed by atoms with van der Waals surface area (Å²) in [4.78, 5) is 14.6. The Morgan fingerprint density at radius 2 is 1.56 bits per heavy atom. The fraction of sp³-hybridized carbons (Fsp3) is 0.409. The van der Waals surface area contributed by atoms with Crippen molar-refractivity contribution in [2.45, 2.75) is 46.6 Å². The van der Waals surface area contributed by atoms with Crippen molar-refractivity contribution in [3.05, 3.63) is 60.2 Å². The van der Waals surface area contributed by atoms with Gasteiger partial charge in [-0.1, -0.05) is 45.9 Å². The van der Waals surface area contributed by atoms with Gasteiger partial charge in [0.1, 0.15) is 0 Å². The molecule has 2 rings (SSSR count). The zero-order valence-corrected chi connectivity index (χ0v) is 16.0. The van der Waals surface area contributed by atoms with Crippen LogP contribution >= 0.6 is 0 Å². The van der Waals surface area contributed by atoms with Gasteiger partial charge in [0, 0.05) is 30.0 Å². The first-order valence-electron chi connectivity index (χ1n) is 9.00. The summed E-state index contributed by atoms with van der Waals surface area (Å²) in [5, 5.41) is 3.17. The van der Waals surface area contributed by atoms with Gasteiger partial charge in [0.15, 0.2) is 0 Å². The lowest BCUT2D eigenvalue weighted by Crippen LogP contribution is -2.37. The monoisotopic (exact) mass is 338 g/mol. The average molecular weight is 338 g/mol. The minimum absolute atomic E-state index is 0.00464. The van der Waals surface area contributed by atoms with E-state index in [1.807, 2.05) is 49.5 Å². The highest BCUT2D eigenvalue weighted by Crippen LogP contribution is 2.24. The van der Waals surface area contributed by atoms with E-state index < -0.39 is 0 Å². The van der Waals surface area contributed by atoms with Gasteiger partial charge < -0.3 is 10.2 Å². The molecule has 2 aromatic carbocycles. The highest BCUT2D eigenvalue weighted by Gasteiger charge is 2.19. The third-order valence-corrected chi connectivity index (χ3v) is 4.35. The molecule has 3 heteroatoms. The maximum absolute atomic E-state index is 12.5. The summed E-state index contributed by atoms with van der Waals surface area (Å²) in [6.45, 7) is 8.73. The molecule has 0 spiro atoms. The van der Waals surface area contributed by atoms with E-state index in [0.717, 1.165) is 24.2 Å². The predicted molar refractivity (Wildman–Crippen MR) is 107 cm³/mol. The molecule has 134 valence electrons. The van der Waals surface area contributed by atoms with Crippen LogP contribution in [0.5, 0.6) is 0 Å². The van der Waals surface area contributed by atoms with Crippen LogP contribution in [-0.2, 0) is 0 Å². The van der Waals surface area contributed by atoms with Crippen molar-refractivity contribution in [1.29, 1.82) is 0 Å². The summed E-state index contributed by atoms with van der Waals surface area (Å²) < 4.78 is 0. The van der Waals surface area contributed by atoms with Crippen LogP contribution in [-0.4, -0.2) is 19.0 Å². The molecule has 1 atom stereocenters. The Labute approximate surface area is 152 Å². The fourth-order valence-electron chi connectivity index (χ4n) is 2.94. The average Bonchev–Trinajstić information content (AvgIpc) is 2.60. The molecule has 0 radical (unpaired) electrons. The van der Waals surface area contributed by atoms with E-state index in [1.54, 1.807) is 0 Å². The van der Waals surface area contributed by atoms with Crippen molar-refractivity contribution in [3.8, 4) is 0 Å². The molecule has 0 heterocycles. The summed E-state index contributed by atoms with van der Waals surface area (Å²) in [6, 6.07) is 18.2. The van der Waals surface area contributed by atoms with Crippen LogP contribution < -0.4 is 10.2 Å². The van der Waals surface area contributed by atoms with E-state index in [9.17, 15) is 4.79 Å². The van der Waals surface area contributed by atoms with E-state index in [2.05, 4.69) is 50.0 Å². The first-order chi connectivity index (χ1) is 11.8. The molecule has 0 saturated heterocycles. The number of carbonyl (C=O) groups is 1. The van der Waals surface area contributed by atoms with Gasteiger partial charge in [-0.25, -0.2) is 0 Å². The lowest BCUT2D eigenvalue weighted by Gasteiger charge is -2.26. The zero-order valence-electron chi connectivity index (χ0n) is 16.0. The molecule has 0 fully saturated rings. The topological polar surface area (TPSA) is 32.3 Å². The minimum atomic E-state index is 0.00464. The highest BCUT2D eigenvalue weighted by atomic mass is 16.1. The quantitative estimate of drug-likeness (QED) is 0.765. The number of amides is 1. The maximum atomic E-state index is 12.5. The van der Waals surface area contributed by atoms with Crippen molar-refractivity contribution in [2.75, 3.05) is 11.9 Å². The predicted octanol–water partition coefficient (Wildman–Crippen LogP) is 5.40. The molecule has 0 aliphatic rings. The Hall–Kier alpha value is -2.29. The smallest absolute Gasteiger partial charge is 0.251 e. The first-order valence-corrected chi connectivity index (χ1v) is 9.00. The second-order valence-electron chi connectivity index (χ2n) is 7.78. The second kappa shape index (κ2) is 8.19.